The molecule has 2 saturated carbocycles. The molecule has 3 aliphatic rings. The number of pyridine rings is 1. The van der Waals surface area contributed by atoms with E-state index in [4.69, 9.17) is 4.74 Å². The molecule has 1 atom stereocenters. The third kappa shape index (κ3) is 5.38. The molecule has 1 amide bonds. The summed E-state index contributed by atoms with van der Waals surface area (Å²) in [5.74, 6) is 0.463. The van der Waals surface area contributed by atoms with Crippen molar-refractivity contribution in [2.45, 2.75) is 94.2 Å². The van der Waals surface area contributed by atoms with Crippen molar-refractivity contribution in [3.05, 3.63) is 63.2 Å². The number of ether oxygens (including phenoxy) is 1. The third-order valence-corrected chi connectivity index (χ3v) is 10.8. The summed E-state index contributed by atoms with van der Waals surface area (Å²) in [5, 5.41) is 4.68. The second-order valence-electron chi connectivity index (χ2n) is 12.1. The first-order chi connectivity index (χ1) is 19.3. The van der Waals surface area contributed by atoms with Crippen LogP contribution in [0.4, 0.5) is 0 Å². The minimum absolute atomic E-state index is 0.109. The van der Waals surface area contributed by atoms with E-state index < -0.39 is 0 Å². The molecule has 3 fully saturated rings. The number of H-pyrrole nitrogens is 1. The summed E-state index contributed by atoms with van der Waals surface area (Å²) in [6, 6.07) is 11.3. The average Bonchev–Trinajstić information content (AvgIpc) is 3.67. The Bertz CT molecular complexity index is 1440. The summed E-state index contributed by atoms with van der Waals surface area (Å²) in [7, 11) is 1.81. The first-order valence-corrected chi connectivity index (χ1v) is 15.8. The number of rotatable bonds is 9. The third-order valence-electron chi connectivity index (χ3n) is 9.41. The number of carbonyl (C=O) groups excluding carboxylic acids is 1. The van der Waals surface area contributed by atoms with Gasteiger partial charge in [-0.2, -0.15) is 0 Å². The molecule has 2 aliphatic carbocycles. The largest absolute Gasteiger partial charge is 0.379 e. The minimum atomic E-state index is -0.115. The molecule has 8 heteroatoms. The van der Waals surface area contributed by atoms with E-state index in [9.17, 15) is 9.59 Å². The maximum Gasteiger partial charge on any atom is 0.254 e. The van der Waals surface area contributed by atoms with Gasteiger partial charge in [0, 0.05) is 71.3 Å². The van der Waals surface area contributed by atoms with Gasteiger partial charge in [-0.1, -0.05) is 18.2 Å². The summed E-state index contributed by atoms with van der Waals surface area (Å²) in [6.07, 6.45) is 7.63. The first-order valence-electron chi connectivity index (χ1n) is 14.9. The number of hydrogen-bond donors (Lipinski definition) is 2. The standard InChI is InChI=1S/C32H42N4O3S/c1-19-15-29(40-25-13-14-25)27(31(37)34-19)16-33-32(38)30-21(3)36(28-8-6-5-7-26(28)30)20(2)22-9-11-23(12-10-22)35-17-24(18-35)39-4/h5-8,15,20,22-25H,9-14,16-18H2,1-4H3,(H,33,38)(H,34,37)/t20-,22?,23?/m1/s1. The zero-order valence-corrected chi connectivity index (χ0v) is 25.0. The van der Waals surface area contributed by atoms with E-state index in [1.54, 1.807) is 11.8 Å². The van der Waals surface area contributed by atoms with Gasteiger partial charge >= 0.3 is 0 Å². The lowest BCUT2D eigenvalue weighted by Crippen LogP contribution is -2.56. The number of hydrogen-bond acceptors (Lipinski definition) is 5. The number of nitrogens with one attached hydrogen (secondary N) is 2. The Morgan fingerprint density at radius 2 is 1.85 bits per heavy atom. The van der Waals surface area contributed by atoms with Crippen molar-refractivity contribution in [2.75, 3.05) is 20.2 Å². The Hall–Kier alpha value is -2.55. The fourth-order valence-corrected chi connectivity index (χ4v) is 8.14. The highest BCUT2D eigenvalue weighted by atomic mass is 32.2. The lowest BCUT2D eigenvalue weighted by molar-refractivity contribution is -0.0605. The van der Waals surface area contributed by atoms with Crippen molar-refractivity contribution in [2.24, 2.45) is 5.92 Å². The van der Waals surface area contributed by atoms with Gasteiger partial charge in [0.05, 0.1) is 17.2 Å². The van der Waals surface area contributed by atoms with Crippen molar-refractivity contribution in [1.82, 2.24) is 19.8 Å². The molecule has 40 heavy (non-hydrogen) atoms. The van der Waals surface area contributed by atoms with E-state index in [1.165, 1.54) is 38.5 Å². The zero-order valence-electron chi connectivity index (χ0n) is 24.2. The molecule has 0 spiro atoms. The van der Waals surface area contributed by atoms with Crippen LogP contribution in [0.15, 0.2) is 40.0 Å². The Kier molecular flexibility index (Phi) is 7.85. The van der Waals surface area contributed by atoms with Crippen LogP contribution in [0, 0.1) is 19.8 Å². The number of amides is 1. The van der Waals surface area contributed by atoms with Crippen LogP contribution in [-0.4, -0.2) is 58.0 Å². The number of aromatic nitrogens is 2. The molecule has 3 heterocycles. The number of likely N-dealkylation sites (tertiary alicyclic amines) is 1. The van der Waals surface area contributed by atoms with Crippen molar-refractivity contribution in [3.8, 4) is 0 Å². The number of aromatic amines is 1. The molecule has 2 aromatic heterocycles. The maximum absolute atomic E-state index is 13.7. The van der Waals surface area contributed by atoms with Gasteiger partial charge in [-0.15, -0.1) is 11.8 Å². The summed E-state index contributed by atoms with van der Waals surface area (Å²) >= 11 is 1.76. The highest BCUT2D eigenvalue weighted by Crippen LogP contribution is 2.41. The fourth-order valence-electron chi connectivity index (χ4n) is 6.86. The van der Waals surface area contributed by atoms with Crippen molar-refractivity contribution < 1.29 is 9.53 Å². The number of carbonyl (C=O) groups is 1. The number of benzene rings is 1. The van der Waals surface area contributed by atoms with Gasteiger partial charge in [0.15, 0.2) is 0 Å². The normalized spacial score (nSPS) is 22.8. The first kappa shape index (κ1) is 27.6. The second kappa shape index (κ2) is 11.4. The summed E-state index contributed by atoms with van der Waals surface area (Å²) < 4.78 is 7.88. The predicted molar refractivity (Wildman–Crippen MR) is 161 cm³/mol. The number of nitrogens with zero attached hydrogens (tertiary/aromatic N) is 2. The number of para-hydroxylation sites is 1. The molecular formula is C32H42N4O3S. The van der Waals surface area contributed by atoms with Crippen LogP contribution in [0.3, 0.4) is 0 Å². The molecule has 3 aromatic rings. The second-order valence-corrected chi connectivity index (χ2v) is 13.4. The molecule has 0 unspecified atom stereocenters. The molecule has 6 rings (SSSR count). The maximum atomic E-state index is 13.7. The Labute approximate surface area is 241 Å². The van der Waals surface area contributed by atoms with E-state index in [1.807, 2.05) is 26.2 Å². The molecule has 1 saturated heterocycles. The molecule has 1 aliphatic heterocycles. The monoisotopic (exact) mass is 562 g/mol. The van der Waals surface area contributed by atoms with Crippen molar-refractivity contribution in [1.29, 1.82) is 0 Å². The van der Waals surface area contributed by atoms with Crippen molar-refractivity contribution in [3.63, 3.8) is 0 Å². The average molecular weight is 563 g/mol. The van der Waals surface area contributed by atoms with Gasteiger partial charge < -0.3 is 19.6 Å². The molecule has 214 valence electrons. The molecular weight excluding hydrogens is 520 g/mol. The lowest BCUT2D eigenvalue weighted by Gasteiger charge is -2.46. The fraction of sp³-hybridized carbons (Fsp3) is 0.562. The number of methoxy groups -OCH3 is 1. The Balaban J connectivity index is 1.20. The van der Waals surface area contributed by atoms with Crippen LogP contribution in [-0.2, 0) is 11.3 Å². The van der Waals surface area contributed by atoms with Gasteiger partial charge in [-0.3, -0.25) is 14.5 Å². The molecule has 2 N–H and O–H groups in total. The van der Waals surface area contributed by atoms with Crippen LogP contribution in [0.1, 0.15) is 78.8 Å². The summed E-state index contributed by atoms with van der Waals surface area (Å²) in [6.45, 7) is 8.67. The highest BCUT2D eigenvalue weighted by molar-refractivity contribution is 8.00. The molecule has 1 aromatic carbocycles. The van der Waals surface area contributed by atoms with Crippen LogP contribution in [0.25, 0.3) is 10.9 Å². The van der Waals surface area contributed by atoms with Crippen molar-refractivity contribution >= 4 is 28.6 Å². The quantitative estimate of drug-likeness (QED) is 0.356. The van der Waals surface area contributed by atoms with Crippen LogP contribution in [0.2, 0.25) is 0 Å². The summed E-state index contributed by atoms with van der Waals surface area (Å²) in [4.78, 5) is 33.1. The topological polar surface area (TPSA) is 79.4 Å². The molecule has 7 nitrogen and oxygen atoms in total. The number of thioether (sulfide) groups is 1. The predicted octanol–water partition coefficient (Wildman–Crippen LogP) is 5.58. The Morgan fingerprint density at radius 3 is 2.55 bits per heavy atom. The van der Waals surface area contributed by atoms with Crippen LogP contribution in [0.5, 0.6) is 0 Å². The van der Waals surface area contributed by atoms with Gasteiger partial charge in [-0.25, -0.2) is 0 Å². The summed E-state index contributed by atoms with van der Waals surface area (Å²) in [5.41, 5.74) is 4.24. The van der Waals surface area contributed by atoms with Gasteiger partial charge in [0.1, 0.15) is 0 Å². The van der Waals surface area contributed by atoms with E-state index in [0.29, 0.717) is 34.9 Å². The van der Waals surface area contributed by atoms with Gasteiger partial charge in [-0.05, 0) is 77.3 Å². The van der Waals surface area contributed by atoms with E-state index in [0.717, 1.165) is 45.8 Å². The van der Waals surface area contributed by atoms with Crippen LogP contribution >= 0.6 is 11.8 Å². The Morgan fingerprint density at radius 1 is 1.12 bits per heavy atom. The zero-order chi connectivity index (χ0) is 28.0. The van der Waals surface area contributed by atoms with E-state index in [-0.39, 0.29) is 18.0 Å². The number of fused-ring (bicyclic) bond motifs is 1. The molecule has 0 bridgehead atoms. The SMILES string of the molecule is COC1CN(C2CCC([C@@H](C)n3c(C)c(C(=O)NCc4c(SC5CC5)cc(C)[nH]c4=O)c4ccccc43)CC2)C1. The highest BCUT2D eigenvalue weighted by Gasteiger charge is 2.36. The van der Waals surface area contributed by atoms with E-state index in [2.05, 4.69) is 51.8 Å². The number of aryl methyl sites for hydroxylation is 1. The van der Waals surface area contributed by atoms with Gasteiger partial charge in [0.2, 0.25) is 0 Å². The van der Waals surface area contributed by atoms with Crippen LogP contribution < -0.4 is 10.9 Å². The smallest absolute Gasteiger partial charge is 0.254 e. The van der Waals surface area contributed by atoms with Gasteiger partial charge in [0.25, 0.3) is 11.5 Å². The lowest BCUT2D eigenvalue weighted by atomic mass is 9.80. The minimum Gasteiger partial charge on any atom is -0.379 e. The molecule has 0 radical (unpaired) electrons. The van der Waals surface area contributed by atoms with E-state index >= 15 is 0 Å².